The summed E-state index contributed by atoms with van der Waals surface area (Å²) in [6.07, 6.45) is 0. The molecule has 0 aliphatic carbocycles. The smallest absolute Gasteiger partial charge is 0.104 e. The molecular weight excluding hydrogens is 256 g/mol. The number of thiophene rings is 1. The zero-order valence-corrected chi connectivity index (χ0v) is 12.7. The van der Waals surface area contributed by atoms with E-state index in [1.165, 1.54) is 4.88 Å². The standard InChI is InChI=1S/C15H22N2OS/c1-12-9-17(10-14(12)16(2)3)11-15-13(5-4-7-18)6-8-19-15/h6,8,12,14,18H,7,9-11H2,1-3H3. The van der Waals surface area contributed by atoms with Crippen molar-refractivity contribution in [2.45, 2.75) is 19.5 Å². The summed E-state index contributed by atoms with van der Waals surface area (Å²) in [6, 6.07) is 2.69. The second-order valence-corrected chi connectivity index (χ2v) is 6.42. The summed E-state index contributed by atoms with van der Waals surface area (Å²) in [6.45, 7) is 5.50. The van der Waals surface area contributed by atoms with Crippen molar-refractivity contribution in [2.24, 2.45) is 5.92 Å². The van der Waals surface area contributed by atoms with E-state index in [1.54, 1.807) is 11.3 Å². The molecule has 1 aliphatic rings. The summed E-state index contributed by atoms with van der Waals surface area (Å²) < 4.78 is 0. The summed E-state index contributed by atoms with van der Waals surface area (Å²) in [4.78, 5) is 6.14. The Labute approximate surface area is 119 Å². The first-order valence-electron chi connectivity index (χ1n) is 6.66. The Morgan fingerprint density at radius 3 is 2.89 bits per heavy atom. The van der Waals surface area contributed by atoms with E-state index in [9.17, 15) is 0 Å². The van der Waals surface area contributed by atoms with E-state index in [0.717, 1.165) is 25.2 Å². The van der Waals surface area contributed by atoms with Crippen LogP contribution >= 0.6 is 11.3 Å². The van der Waals surface area contributed by atoms with Crippen LogP contribution in [0.15, 0.2) is 11.4 Å². The van der Waals surface area contributed by atoms with Crippen LogP contribution in [-0.2, 0) is 6.54 Å². The number of aliphatic hydroxyl groups excluding tert-OH is 1. The van der Waals surface area contributed by atoms with E-state index in [-0.39, 0.29) is 6.61 Å². The minimum absolute atomic E-state index is 0.0707. The van der Waals surface area contributed by atoms with Gasteiger partial charge in [0.2, 0.25) is 0 Å². The maximum absolute atomic E-state index is 8.78. The van der Waals surface area contributed by atoms with Crippen molar-refractivity contribution < 1.29 is 5.11 Å². The second-order valence-electron chi connectivity index (χ2n) is 5.42. The fraction of sp³-hybridized carbons (Fsp3) is 0.600. The molecule has 0 bridgehead atoms. The molecule has 4 heteroatoms. The number of likely N-dealkylation sites (tertiary alicyclic amines) is 1. The average molecular weight is 278 g/mol. The van der Waals surface area contributed by atoms with Gasteiger partial charge in [0.15, 0.2) is 0 Å². The van der Waals surface area contributed by atoms with Crippen LogP contribution in [0.25, 0.3) is 0 Å². The lowest BCUT2D eigenvalue weighted by Gasteiger charge is -2.22. The quantitative estimate of drug-likeness (QED) is 0.848. The largest absolute Gasteiger partial charge is 0.384 e. The summed E-state index contributed by atoms with van der Waals surface area (Å²) in [7, 11) is 4.32. The van der Waals surface area contributed by atoms with Crippen molar-refractivity contribution in [2.75, 3.05) is 33.8 Å². The van der Waals surface area contributed by atoms with Gasteiger partial charge in [0.1, 0.15) is 6.61 Å². The third-order valence-electron chi connectivity index (χ3n) is 3.73. The van der Waals surface area contributed by atoms with Gasteiger partial charge in [0.25, 0.3) is 0 Å². The Morgan fingerprint density at radius 1 is 1.47 bits per heavy atom. The van der Waals surface area contributed by atoms with E-state index >= 15 is 0 Å². The predicted octanol–water partition coefficient (Wildman–Crippen LogP) is 1.47. The van der Waals surface area contributed by atoms with E-state index in [1.807, 2.05) is 6.07 Å². The van der Waals surface area contributed by atoms with Crippen molar-refractivity contribution in [3.05, 3.63) is 21.9 Å². The Kier molecular flexibility index (Phi) is 5.00. The topological polar surface area (TPSA) is 26.7 Å². The average Bonchev–Trinajstić information content (AvgIpc) is 2.94. The number of nitrogens with zero attached hydrogens (tertiary/aromatic N) is 2. The van der Waals surface area contributed by atoms with Gasteiger partial charge in [0, 0.05) is 36.1 Å². The lowest BCUT2D eigenvalue weighted by molar-refractivity contribution is 0.250. The molecule has 1 aliphatic heterocycles. The van der Waals surface area contributed by atoms with Gasteiger partial charge in [-0.3, -0.25) is 4.90 Å². The van der Waals surface area contributed by atoms with Crippen molar-refractivity contribution in [3.8, 4) is 11.8 Å². The van der Waals surface area contributed by atoms with Gasteiger partial charge in [-0.15, -0.1) is 11.3 Å². The van der Waals surface area contributed by atoms with E-state index in [0.29, 0.717) is 12.0 Å². The highest BCUT2D eigenvalue weighted by molar-refractivity contribution is 7.10. The van der Waals surface area contributed by atoms with Crippen molar-refractivity contribution in [1.82, 2.24) is 9.80 Å². The monoisotopic (exact) mass is 278 g/mol. The molecule has 2 rings (SSSR count). The highest BCUT2D eigenvalue weighted by Crippen LogP contribution is 2.25. The van der Waals surface area contributed by atoms with Gasteiger partial charge < -0.3 is 10.0 Å². The number of hydrogen-bond donors (Lipinski definition) is 1. The van der Waals surface area contributed by atoms with Crippen LogP contribution in [0.3, 0.4) is 0 Å². The molecule has 1 aromatic rings. The minimum Gasteiger partial charge on any atom is -0.384 e. The first-order chi connectivity index (χ1) is 9.11. The highest BCUT2D eigenvalue weighted by Gasteiger charge is 2.31. The van der Waals surface area contributed by atoms with Crippen molar-refractivity contribution >= 4 is 11.3 Å². The van der Waals surface area contributed by atoms with E-state index in [2.05, 4.69) is 48.0 Å². The first-order valence-corrected chi connectivity index (χ1v) is 7.54. The molecule has 0 amide bonds. The number of aliphatic hydroxyl groups is 1. The third-order valence-corrected chi connectivity index (χ3v) is 4.63. The Morgan fingerprint density at radius 2 is 2.26 bits per heavy atom. The van der Waals surface area contributed by atoms with Crippen molar-refractivity contribution in [1.29, 1.82) is 0 Å². The van der Waals surface area contributed by atoms with E-state index in [4.69, 9.17) is 5.11 Å². The Hall–Kier alpha value is -0.860. The normalized spacial score (nSPS) is 23.6. The summed E-state index contributed by atoms with van der Waals surface area (Å²) in [5, 5.41) is 10.9. The highest BCUT2D eigenvalue weighted by atomic mass is 32.1. The van der Waals surface area contributed by atoms with Gasteiger partial charge in [-0.2, -0.15) is 0 Å². The van der Waals surface area contributed by atoms with Crippen LogP contribution in [0.1, 0.15) is 17.4 Å². The Bertz CT molecular complexity index is 472. The predicted molar refractivity (Wildman–Crippen MR) is 80.2 cm³/mol. The lowest BCUT2D eigenvalue weighted by Crippen LogP contribution is -2.34. The van der Waals surface area contributed by atoms with Crippen LogP contribution in [0.2, 0.25) is 0 Å². The molecule has 104 valence electrons. The Balaban J connectivity index is 2.01. The zero-order chi connectivity index (χ0) is 13.8. The molecule has 1 aromatic heterocycles. The SMILES string of the molecule is CC1CN(Cc2sccc2C#CCO)CC1N(C)C. The second kappa shape index (κ2) is 6.53. The molecular formula is C15H22N2OS. The molecule has 2 unspecified atom stereocenters. The fourth-order valence-electron chi connectivity index (χ4n) is 2.76. The summed E-state index contributed by atoms with van der Waals surface area (Å²) in [5.41, 5.74) is 1.07. The number of likely N-dealkylation sites (N-methyl/N-ethyl adjacent to an activating group) is 1. The number of hydrogen-bond acceptors (Lipinski definition) is 4. The molecule has 2 atom stereocenters. The van der Waals surface area contributed by atoms with Gasteiger partial charge in [-0.1, -0.05) is 18.8 Å². The van der Waals surface area contributed by atoms with Crippen molar-refractivity contribution in [3.63, 3.8) is 0 Å². The summed E-state index contributed by atoms with van der Waals surface area (Å²) in [5.74, 6) is 6.48. The maximum atomic E-state index is 8.78. The van der Waals surface area contributed by atoms with Crippen LogP contribution in [0.5, 0.6) is 0 Å². The molecule has 2 heterocycles. The van der Waals surface area contributed by atoms with Crippen LogP contribution in [0, 0.1) is 17.8 Å². The van der Waals surface area contributed by atoms with Crippen LogP contribution in [-0.4, -0.2) is 54.7 Å². The molecule has 0 saturated carbocycles. The van der Waals surface area contributed by atoms with Gasteiger partial charge >= 0.3 is 0 Å². The molecule has 1 saturated heterocycles. The molecule has 0 aromatic carbocycles. The first kappa shape index (κ1) is 14.5. The van der Waals surface area contributed by atoms with Gasteiger partial charge in [-0.25, -0.2) is 0 Å². The molecule has 1 N–H and O–H groups in total. The van der Waals surface area contributed by atoms with E-state index < -0.39 is 0 Å². The molecule has 3 nitrogen and oxygen atoms in total. The minimum atomic E-state index is -0.0707. The van der Waals surface area contributed by atoms with Gasteiger partial charge in [0.05, 0.1) is 0 Å². The lowest BCUT2D eigenvalue weighted by atomic mass is 10.1. The zero-order valence-electron chi connectivity index (χ0n) is 11.9. The van der Waals surface area contributed by atoms with Crippen LogP contribution < -0.4 is 0 Å². The fourth-order valence-corrected chi connectivity index (χ4v) is 3.63. The van der Waals surface area contributed by atoms with Gasteiger partial charge in [-0.05, 0) is 31.5 Å². The molecule has 0 radical (unpaired) electrons. The number of rotatable bonds is 3. The third kappa shape index (κ3) is 3.58. The maximum Gasteiger partial charge on any atom is 0.104 e. The molecule has 1 fully saturated rings. The summed E-state index contributed by atoms with van der Waals surface area (Å²) >= 11 is 1.76. The molecule has 19 heavy (non-hydrogen) atoms. The van der Waals surface area contributed by atoms with Crippen LogP contribution in [0.4, 0.5) is 0 Å². The molecule has 0 spiro atoms.